The average Bonchev–Trinajstić information content (AvgIpc) is 2.79. The van der Waals surface area contributed by atoms with E-state index in [9.17, 15) is 26.4 Å². The number of aromatic nitrogens is 2. The van der Waals surface area contributed by atoms with Gasteiger partial charge >= 0.3 is 6.18 Å². The summed E-state index contributed by atoms with van der Waals surface area (Å²) in [5.74, 6) is -0.468. The lowest BCUT2D eigenvalue weighted by Crippen LogP contribution is -2.46. The summed E-state index contributed by atoms with van der Waals surface area (Å²) in [5.41, 5.74) is 0.529. The van der Waals surface area contributed by atoms with Crippen molar-refractivity contribution in [2.24, 2.45) is 0 Å². The predicted molar refractivity (Wildman–Crippen MR) is 116 cm³/mol. The third-order valence-corrected chi connectivity index (χ3v) is 7.24. The maximum absolute atomic E-state index is 12.9. The van der Waals surface area contributed by atoms with Crippen LogP contribution in [0.1, 0.15) is 27.7 Å². The fourth-order valence-corrected chi connectivity index (χ4v) is 5.08. The Morgan fingerprint density at radius 2 is 1.82 bits per heavy atom. The number of halogens is 3. The van der Waals surface area contributed by atoms with Crippen LogP contribution in [0, 0.1) is 0 Å². The second-order valence-corrected chi connectivity index (χ2v) is 10.1. The maximum atomic E-state index is 12.9. The maximum Gasteiger partial charge on any atom is 0.433 e. The van der Waals surface area contributed by atoms with Gasteiger partial charge in [-0.25, -0.2) is 8.42 Å². The molecular formula is C22H21F3N4O3S. The quantitative estimate of drug-likeness (QED) is 0.606. The molecule has 1 aliphatic rings. The van der Waals surface area contributed by atoms with Crippen LogP contribution in [0.2, 0.25) is 0 Å². The summed E-state index contributed by atoms with van der Waals surface area (Å²) >= 11 is 0. The van der Waals surface area contributed by atoms with E-state index in [4.69, 9.17) is 0 Å². The zero-order valence-electron chi connectivity index (χ0n) is 17.4. The normalized spacial score (nSPS) is 17.5. The molecule has 174 valence electrons. The summed E-state index contributed by atoms with van der Waals surface area (Å²) in [6, 6.07) is 10.4. The largest absolute Gasteiger partial charge is 0.433 e. The average molecular weight is 478 g/mol. The second-order valence-electron chi connectivity index (χ2n) is 7.76. The second kappa shape index (κ2) is 9.06. The van der Waals surface area contributed by atoms with Crippen LogP contribution < -0.4 is 5.32 Å². The minimum absolute atomic E-state index is 0.0551. The van der Waals surface area contributed by atoms with Crippen LogP contribution in [-0.4, -0.2) is 60.3 Å². The Morgan fingerprint density at radius 1 is 1.06 bits per heavy atom. The summed E-state index contributed by atoms with van der Waals surface area (Å²) in [4.78, 5) is 22.6. The van der Waals surface area contributed by atoms with Crippen molar-refractivity contribution in [2.75, 3.05) is 31.1 Å². The molecule has 33 heavy (non-hydrogen) atoms. The minimum Gasteiger partial charge on any atom is -0.350 e. The van der Waals surface area contributed by atoms with Gasteiger partial charge in [0.1, 0.15) is 5.69 Å². The molecular weight excluding hydrogens is 457 g/mol. The van der Waals surface area contributed by atoms with E-state index in [2.05, 4.69) is 15.3 Å². The number of rotatable bonds is 5. The van der Waals surface area contributed by atoms with Gasteiger partial charge in [-0.2, -0.15) is 13.2 Å². The molecule has 1 N–H and O–H groups in total. The molecule has 1 aromatic carbocycles. The Morgan fingerprint density at radius 3 is 2.48 bits per heavy atom. The number of carbonyl (C=O) groups excluding carboxylic acids is 1. The van der Waals surface area contributed by atoms with E-state index < -0.39 is 27.7 Å². The van der Waals surface area contributed by atoms with Crippen molar-refractivity contribution >= 4 is 26.6 Å². The first kappa shape index (κ1) is 23.1. The fraction of sp³-hybridized carbons (Fsp3) is 0.318. The van der Waals surface area contributed by atoms with Crippen molar-refractivity contribution < 1.29 is 26.4 Å². The highest BCUT2D eigenvalue weighted by molar-refractivity contribution is 7.91. The van der Waals surface area contributed by atoms with Crippen molar-refractivity contribution in [1.82, 2.24) is 20.2 Å². The number of hydrogen-bond acceptors (Lipinski definition) is 6. The van der Waals surface area contributed by atoms with Gasteiger partial charge in [-0.15, -0.1) is 0 Å². The summed E-state index contributed by atoms with van der Waals surface area (Å²) in [6.45, 7) is 0.493. The number of benzene rings is 1. The van der Waals surface area contributed by atoms with E-state index in [0.29, 0.717) is 22.0 Å². The molecule has 11 heteroatoms. The number of amides is 1. The summed E-state index contributed by atoms with van der Waals surface area (Å²) in [6.07, 6.45) is -1.81. The number of pyridine rings is 2. The molecule has 2 aromatic heterocycles. The number of hydrogen-bond donors (Lipinski definition) is 1. The summed E-state index contributed by atoms with van der Waals surface area (Å²) in [7, 11) is -3.16. The van der Waals surface area contributed by atoms with E-state index in [1.807, 2.05) is 4.90 Å². The molecule has 1 amide bonds. The Labute approximate surface area is 188 Å². The molecule has 1 fully saturated rings. The molecule has 1 atom stereocenters. The number of alkyl halides is 3. The van der Waals surface area contributed by atoms with Gasteiger partial charge in [0.05, 0.1) is 23.1 Å². The lowest BCUT2D eigenvalue weighted by atomic mass is 10.1. The fourth-order valence-electron chi connectivity index (χ4n) is 3.85. The third-order valence-electron chi connectivity index (χ3n) is 5.63. The third kappa shape index (κ3) is 5.31. The van der Waals surface area contributed by atoms with Crippen molar-refractivity contribution in [3.05, 3.63) is 71.7 Å². The van der Waals surface area contributed by atoms with Gasteiger partial charge in [0.2, 0.25) is 0 Å². The lowest BCUT2D eigenvalue weighted by Gasteiger charge is -2.34. The number of nitrogens with one attached hydrogen (secondary N) is 1. The number of carbonyl (C=O) groups is 1. The van der Waals surface area contributed by atoms with Gasteiger partial charge in [0, 0.05) is 43.0 Å². The van der Waals surface area contributed by atoms with Crippen molar-refractivity contribution in [1.29, 1.82) is 0 Å². The number of fused-ring (bicyclic) bond motifs is 1. The van der Waals surface area contributed by atoms with Gasteiger partial charge < -0.3 is 5.32 Å². The van der Waals surface area contributed by atoms with E-state index in [0.717, 1.165) is 12.3 Å². The highest BCUT2D eigenvalue weighted by Crippen LogP contribution is 2.29. The van der Waals surface area contributed by atoms with Crippen molar-refractivity contribution in [3.8, 4) is 0 Å². The topological polar surface area (TPSA) is 92.3 Å². The SMILES string of the molecule is O=C(NCC(c1ccc(C(F)(F)F)nc1)N1CCS(=O)(=O)CC1)c1cccc2ncccc12. The molecule has 0 saturated carbocycles. The first-order chi connectivity index (χ1) is 15.6. The predicted octanol–water partition coefficient (Wildman–Crippen LogP) is 2.85. The smallest absolute Gasteiger partial charge is 0.350 e. The van der Waals surface area contributed by atoms with Crippen LogP contribution in [0.3, 0.4) is 0 Å². The number of nitrogens with zero attached hydrogens (tertiary/aromatic N) is 3. The molecule has 0 aliphatic carbocycles. The van der Waals surface area contributed by atoms with Gasteiger partial charge in [-0.1, -0.05) is 18.2 Å². The van der Waals surface area contributed by atoms with E-state index in [1.165, 1.54) is 6.07 Å². The first-order valence-corrected chi connectivity index (χ1v) is 12.1. The minimum atomic E-state index is -4.57. The molecule has 3 heterocycles. The van der Waals surface area contributed by atoms with E-state index in [1.54, 1.807) is 36.5 Å². The Balaban J connectivity index is 1.57. The Hall–Kier alpha value is -3.05. The molecule has 7 nitrogen and oxygen atoms in total. The molecule has 4 rings (SSSR count). The molecule has 1 saturated heterocycles. The highest BCUT2D eigenvalue weighted by atomic mass is 32.2. The summed E-state index contributed by atoms with van der Waals surface area (Å²) in [5, 5.41) is 3.52. The van der Waals surface area contributed by atoms with Crippen LogP contribution in [0.4, 0.5) is 13.2 Å². The molecule has 3 aromatic rings. The molecule has 0 spiro atoms. The van der Waals surface area contributed by atoms with Crippen LogP contribution in [0.15, 0.2) is 54.9 Å². The molecule has 1 unspecified atom stereocenters. The monoisotopic (exact) mass is 478 g/mol. The molecule has 1 aliphatic heterocycles. The van der Waals surface area contributed by atoms with Gasteiger partial charge in [0.25, 0.3) is 5.91 Å². The van der Waals surface area contributed by atoms with Crippen LogP contribution in [0.5, 0.6) is 0 Å². The van der Waals surface area contributed by atoms with Gasteiger partial charge in [-0.05, 0) is 29.8 Å². The molecule has 0 bridgehead atoms. The summed E-state index contributed by atoms with van der Waals surface area (Å²) < 4.78 is 62.5. The van der Waals surface area contributed by atoms with E-state index >= 15 is 0 Å². The van der Waals surface area contributed by atoms with E-state index in [-0.39, 0.29) is 37.0 Å². The Bertz CT molecular complexity index is 1240. The van der Waals surface area contributed by atoms with Crippen LogP contribution in [0.25, 0.3) is 10.9 Å². The number of sulfone groups is 1. The van der Waals surface area contributed by atoms with Crippen molar-refractivity contribution in [2.45, 2.75) is 12.2 Å². The van der Waals surface area contributed by atoms with Crippen molar-refractivity contribution in [3.63, 3.8) is 0 Å². The standard InChI is InChI=1S/C22H21F3N4O3S/c23-22(24,25)20-7-6-15(13-27-20)19(29-9-11-33(31,32)12-10-29)14-28-21(30)17-3-1-5-18-16(17)4-2-8-26-18/h1-8,13,19H,9-12,14H2,(H,28,30). The zero-order chi connectivity index (χ0) is 23.6. The van der Waals surface area contributed by atoms with Crippen LogP contribution >= 0.6 is 0 Å². The van der Waals surface area contributed by atoms with Crippen LogP contribution in [-0.2, 0) is 16.0 Å². The highest BCUT2D eigenvalue weighted by Gasteiger charge is 2.33. The lowest BCUT2D eigenvalue weighted by molar-refractivity contribution is -0.141. The van der Waals surface area contributed by atoms with Gasteiger partial charge in [-0.3, -0.25) is 19.7 Å². The molecule has 0 radical (unpaired) electrons. The Kier molecular flexibility index (Phi) is 6.35. The van der Waals surface area contributed by atoms with Gasteiger partial charge in [0.15, 0.2) is 9.84 Å². The zero-order valence-corrected chi connectivity index (χ0v) is 18.2. The first-order valence-electron chi connectivity index (χ1n) is 10.2.